The van der Waals surface area contributed by atoms with Gasteiger partial charge in [0, 0.05) is 18.8 Å². The summed E-state index contributed by atoms with van der Waals surface area (Å²) >= 11 is 0. The van der Waals surface area contributed by atoms with Crippen molar-refractivity contribution in [3.63, 3.8) is 0 Å². The summed E-state index contributed by atoms with van der Waals surface area (Å²) < 4.78 is 0. The second-order valence-electron chi connectivity index (χ2n) is 4.02. The van der Waals surface area contributed by atoms with E-state index in [2.05, 4.69) is 42.0 Å². The van der Waals surface area contributed by atoms with Gasteiger partial charge in [0.05, 0.1) is 0 Å². The van der Waals surface area contributed by atoms with E-state index >= 15 is 0 Å². The summed E-state index contributed by atoms with van der Waals surface area (Å²) in [6.45, 7) is 3.72. The van der Waals surface area contributed by atoms with Crippen LogP contribution in [0.5, 0.6) is 0 Å². The summed E-state index contributed by atoms with van der Waals surface area (Å²) in [5.41, 5.74) is 4.39. The van der Waals surface area contributed by atoms with E-state index in [0.29, 0.717) is 6.54 Å². The molecule has 1 aromatic carbocycles. The Morgan fingerprint density at radius 2 is 1.94 bits per heavy atom. The fourth-order valence-corrected chi connectivity index (χ4v) is 1.57. The Morgan fingerprint density at radius 3 is 2.59 bits per heavy atom. The molecule has 0 aliphatic carbocycles. The van der Waals surface area contributed by atoms with Gasteiger partial charge in [0.2, 0.25) is 0 Å². The molecule has 0 amide bonds. The van der Waals surface area contributed by atoms with Crippen LogP contribution in [0.1, 0.15) is 31.7 Å². The third-order valence-electron chi connectivity index (χ3n) is 2.54. The van der Waals surface area contributed by atoms with Crippen LogP contribution in [-0.2, 0) is 0 Å². The standard InChI is InChI=1S/C14H22N2O/c1-2-3-4-11-15-14-9-7-13(8-10-14)6-5-12-16-17/h5-10,15-17H,2-4,11-12H2,1H3. The van der Waals surface area contributed by atoms with Gasteiger partial charge in [0.1, 0.15) is 0 Å². The van der Waals surface area contributed by atoms with Gasteiger partial charge in [-0.15, -0.1) is 0 Å². The fraction of sp³-hybridized carbons (Fsp3) is 0.429. The van der Waals surface area contributed by atoms with Gasteiger partial charge >= 0.3 is 0 Å². The molecule has 0 aliphatic heterocycles. The van der Waals surface area contributed by atoms with E-state index in [1.807, 2.05) is 12.2 Å². The molecular formula is C14H22N2O. The molecule has 0 radical (unpaired) electrons. The molecule has 94 valence electrons. The molecule has 17 heavy (non-hydrogen) atoms. The van der Waals surface area contributed by atoms with Crippen molar-refractivity contribution in [3.05, 3.63) is 35.9 Å². The number of rotatable bonds is 8. The first-order chi connectivity index (χ1) is 8.36. The molecule has 0 fully saturated rings. The molecule has 0 heterocycles. The average molecular weight is 234 g/mol. The number of hydrogen-bond donors (Lipinski definition) is 3. The number of anilines is 1. The molecule has 0 aliphatic rings. The maximum Gasteiger partial charge on any atom is 0.0391 e. The van der Waals surface area contributed by atoms with E-state index in [1.165, 1.54) is 24.9 Å². The first-order valence-corrected chi connectivity index (χ1v) is 6.24. The highest BCUT2D eigenvalue weighted by Gasteiger charge is 1.91. The van der Waals surface area contributed by atoms with E-state index in [9.17, 15) is 0 Å². The number of hydrogen-bond acceptors (Lipinski definition) is 3. The highest BCUT2D eigenvalue weighted by molar-refractivity contribution is 5.54. The molecule has 3 heteroatoms. The maximum atomic E-state index is 8.42. The second-order valence-corrected chi connectivity index (χ2v) is 4.02. The Balaban J connectivity index is 2.34. The summed E-state index contributed by atoms with van der Waals surface area (Å²) in [5.74, 6) is 0. The van der Waals surface area contributed by atoms with Crippen LogP contribution in [-0.4, -0.2) is 18.3 Å². The van der Waals surface area contributed by atoms with Crippen molar-refractivity contribution in [2.24, 2.45) is 0 Å². The van der Waals surface area contributed by atoms with E-state index in [4.69, 9.17) is 5.21 Å². The molecule has 0 atom stereocenters. The molecular weight excluding hydrogens is 212 g/mol. The predicted octanol–water partition coefficient (Wildman–Crippen LogP) is 3.28. The lowest BCUT2D eigenvalue weighted by Crippen LogP contribution is -2.04. The zero-order valence-electron chi connectivity index (χ0n) is 10.4. The molecule has 0 bridgehead atoms. The lowest BCUT2D eigenvalue weighted by atomic mass is 10.2. The number of unbranched alkanes of at least 4 members (excludes halogenated alkanes) is 2. The average Bonchev–Trinajstić information content (AvgIpc) is 2.37. The van der Waals surface area contributed by atoms with Crippen LogP contribution in [0.25, 0.3) is 6.08 Å². The van der Waals surface area contributed by atoms with Gasteiger partial charge in [-0.05, 0) is 24.1 Å². The molecule has 1 rings (SSSR count). The van der Waals surface area contributed by atoms with E-state index in [1.54, 1.807) is 0 Å². The third kappa shape index (κ3) is 6.09. The Labute approximate surface area is 104 Å². The molecule has 0 saturated carbocycles. The van der Waals surface area contributed by atoms with Crippen LogP contribution in [0.2, 0.25) is 0 Å². The Hall–Kier alpha value is -1.32. The highest BCUT2D eigenvalue weighted by Crippen LogP contribution is 2.11. The first kappa shape index (κ1) is 13.7. The molecule has 3 nitrogen and oxygen atoms in total. The van der Waals surface area contributed by atoms with Crippen molar-refractivity contribution in [1.82, 2.24) is 5.48 Å². The molecule has 1 aromatic rings. The van der Waals surface area contributed by atoms with E-state index in [0.717, 1.165) is 12.1 Å². The Bertz CT molecular complexity index is 319. The number of hydroxylamine groups is 1. The topological polar surface area (TPSA) is 44.3 Å². The van der Waals surface area contributed by atoms with Gasteiger partial charge in [-0.3, -0.25) is 0 Å². The van der Waals surface area contributed by atoms with Gasteiger partial charge < -0.3 is 10.5 Å². The quantitative estimate of drug-likeness (QED) is 0.478. The van der Waals surface area contributed by atoms with Gasteiger partial charge in [-0.1, -0.05) is 44.1 Å². The number of nitrogens with one attached hydrogen (secondary N) is 2. The van der Waals surface area contributed by atoms with Gasteiger partial charge in [0.25, 0.3) is 0 Å². The van der Waals surface area contributed by atoms with Crippen molar-refractivity contribution >= 4 is 11.8 Å². The van der Waals surface area contributed by atoms with E-state index < -0.39 is 0 Å². The van der Waals surface area contributed by atoms with Crippen LogP contribution in [0.3, 0.4) is 0 Å². The summed E-state index contributed by atoms with van der Waals surface area (Å²) in [5, 5.41) is 11.8. The fourth-order valence-electron chi connectivity index (χ4n) is 1.57. The SMILES string of the molecule is CCCCCNc1ccc(C=CCNO)cc1. The monoisotopic (exact) mass is 234 g/mol. The lowest BCUT2D eigenvalue weighted by Gasteiger charge is -2.05. The zero-order valence-corrected chi connectivity index (χ0v) is 10.4. The predicted molar refractivity (Wildman–Crippen MR) is 73.3 cm³/mol. The third-order valence-corrected chi connectivity index (χ3v) is 2.54. The first-order valence-electron chi connectivity index (χ1n) is 6.24. The van der Waals surface area contributed by atoms with Gasteiger partial charge in [0.15, 0.2) is 0 Å². The zero-order chi connectivity index (χ0) is 12.3. The summed E-state index contributed by atoms with van der Waals surface area (Å²) in [6, 6.07) is 8.29. The van der Waals surface area contributed by atoms with Crippen molar-refractivity contribution in [1.29, 1.82) is 0 Å². The van der Waals surface area contributed by atoms with Crippen LogP contribution in [0, 0.1) is 0 Å². The molecule has 0 saturated heterocycles. The Morgan fingerprint density at radius 1 is 1.18 bits per heavy atom. The van der Waals surface area contributed by atoms with Crippen LogP contribution >= 0.6 is 0 Å². The van der Waals surface area contributed by atoms with Crippen molar-refractivity contribution in [3.8, 4) is 0 Å². The largest absolute Gasteiger partial charge is 0.385 e. The van der Waals surface area contributed by atoms with Gasteiger partial charge in [-0.25, -0.2) is 5.48 Å². The van der Waals surface area contributed by atoms with Crippen molar-refractivity contribution in [2.75, 3.05) is 18.4 Å². The van der Waals surface area contributed by atoms with Crippen LogP contribution in [0.4, 0.5) is 5.69 Å². The molecule has 0 aromatic heterocycles. The maximum absolute atomic E-state index is 8.42. The van der Waals surface area contributed by atoms with Gasteiger partial charge in [-0.2, -0.15) is 0 Å². The summed E-state index contributed by atoms with van der Waals surface area (Å²) in [6.07, 6.45) is 7.61. The smallest absolute Gasteiger partial charge is 0.0391 e. The van der Waals surface area contributed by atoms with Crippen molar-refractivity contribution < 1.29 is 5.21 Å². The minimum absolute atomic E-state index is 0.469. The molecule has 0 unspecified atom stereocenters. The Kier molecular flexibility index (Phi) is 7.11. The van der Waals surface area contributed by atoms with E-state index in [-0.39, 0.29) is 0 Å². The minimum atomic E-state index is 0.469. The summed E-state index contributed by atoms with van der Waals surface area (Å²) in [7, 11) is 0. The normalized spacial score (nSPS) is 10.9. The van der Waals surface area contributed by atoms with Crippen LogP contribution < -0.4 is 10.8 Å². The minimum Gasteiger partial charge on any atom is -0.385 e. The highest BCUT2D eigenvalue weighted by atomic mass is 16.5. The van der Waals surface area contributed by atoms with Crippen molar-refractivity contribution in [2.45, 2.75) is 26.2 Å². The molecule has 0 spiro atoms. The summed E-state index contributed by atoms with van der Waals surface area (Å²) in [4.78, 5) is 0. The molecule has 3 N–H and O–H groups in total. The number of benzene rings is 1. The lowest BCUT2D eigenvalue weighted by molar-refractivity contribution is 0.180. The second kappa shape index (κ2) is 8.79. The van der Waals surface area contributed by atoms with Crippen LogP contribution in [0.15, 0.2) is 30.3 Å².